The van der Waals surface area contributed by atoms with Gasteiger partial charge < -0.3 is 19.7 Å². The monoisotopic (exact) mass is 358 g/mol. The van der Waals surface area contributed by atoms with E-state index in [0.717, 1.165) is 36.1 Å². The fourth-order valence-electron chi connectivity index (χ4n) is 3.56. The van der Waals surface area contributed by atoms with Gasteiger partial charge in [-0.1, -0.05) is 11.6 Å². The zero-order valence-corrected chi connectivity index (χ0v) is 14.6. The van der Waals surface area contributed by atoms with Crippen molar-refractivity contribution in [1.29, 1.82) is 0 Å². The minimum Gasteiger partial charge on any atom is -0.360 e. The number of fused-ring (bicyclic) bond motifs is 3. The van der Waals surface area contributed by atoms with Crippen LogP contribution < -0.4 is 0 Å². The van der Waals surface area contributed by atoms with E-state index in [4.69, 9.17) is 11.6 Å². The smallest absolute Gasteiger partial charge is 0.211 e. The second kappa shape index (κ2) is 6.07. The van der Waals surface area contributed by atoms with Crippen LogP contribution in [0.15, 0.2) is 36.9 Å². The van der Waals surface area contributed by atoms with Crippen LogP contribution in [0.4, 0.5) is 0 Å². The summed E-state index contributed by atoms with van der Waals surface area (Å²) in [7, 11) is 2.08. The van der Waals surface area contributed by atoms with Crippen molar-refractivity contribution < 1.29 is 10.2 Å². The predicted molar refractivity (Wildman–Crippen MR) is 95.1 cm³/mol. The van der Waals surface area contributed by atoms with Crippen molar-refractivity contribution in [1.82, 2.24) is 19.4 Å². The number of hydrogen-bond donors (Lipinski definition) is 2. The van der Waals surface area contributed by atoms with Gasteiger partial charge in [-0.05, 0) is 30.8 Å². The van der Waals surface area contributed by atoms with E-state index in [1.165, 1.54) is 24.3 Å². The van der Waals surface area contributed by atoms with Gasteiger partial charge >= 0.3 is 0 Å². The molecule has 2 aromatic heterocycles. The van der Waals surface area contributed by atoms with E-state index in [1.807, 2.05) is 22.8 Å². The van der Waals surface area contributed by atoms with Crippen molar-refractivity contribution in [3.8, 4) is 0 Å². The molecule has 0 atom stereocenters. The Labute approximate surface area is 150 Å². The van der Waals surface area contributed by atoms with Gasteiger partial charge in [-0.15, -0.1) is 0 Å². The summed E-state index contributed by atoms with van der Waals surface area (Å²) < 4.78 is 1.99. The highest BCUT2D eigenvalue weighted by Gasteiger charge is 2.31. The number of aromatic nitrogens is 3. The summed E-state index contributed by atoms with van der Waals surface area (Å²) in [4.78, 5) is 10.0. The molecule has 0 fully saturated rings. The van der Waals surface area contributed by atoms with E-state index < -0.39 is 5.79 Å². The van der Waals surface area contributed by atoms with Crippen molar-refractivity contribution in [2.45, 2.75) is 25.3 Å². The Kier molecular flexibility index (Phi) is 4.00. The number of benzene rings is 1. The Morgan fingerprint density at radius 1 is 1.24 bits per heavy atom. The third-order valence-electron chi connectivity index (χ3n) is 4.81. The molecular weight excluding hydrogens is 340 g/mol. The number of rotatable bonds is 3. The average molecular weight is 359 g/mol. The highest BCUT2D eigenvalue weighted by Crippen LogP contribution is 2.34. The van der Waals surface area contributed by atoms with E-state index in [0.29, 0.717) is 5.02 Å². The van der Waals surface area contributed by atoms with E-state index in [1.54, 1.807) is 0 Å². The number of aliphatic hydroxyl groups is 2. The van der Waals surface area contributed by atoms with Gasteiger partial charge in [-0.2, -0.15) is 0 Å². The van der Waals surface area contributed by atoms with Gasteiger partial charge in [0, 0.05) is 59.1 Å². The number of halogens is 1. The lowest BCUT2D eigenvalue weighted by molar-refractivity contribution is -0.180. The third-order valence-corrected chi connectivity index (χ3v) is 5.04. The van der Waals surface area contributed by atoms with Gasteiger partial charge in [0.2, 0.25) is 5.79 Å². The Bertz CT molecular complexity index is 924. The minimum absolute atomic E-state index is 0.0115. The van der Waals surface area contributed by atoms with E-state index >= 15 is 0 Å². The SMILES string of the molecule is CN1CCc2c(c3cc(Cl)ccc3n2CC(O)(O)c2cncnc2)C1. The van der Waals surface area contributed by atoms with Crippen LogP contribution in [0.2, 0.25) is 5.02 Å². The summed E-state index contributed by atoms with van der Waals surface area (Å²) in [6.45, 7) is 1.75. The summed E-state index contributed by atoms with van der Waals surface area (Å²) >= 11 is 6.20. The van der Waals surface area contributed by atoms with Gasteiger partial charge in [-0.25, -0.2) is 9.97 Å². The molecule has 0 aliphatic carbocycles. The number of hydrogen-bond acceptors (Lipinski definition) is 5. The molecule has 0 saturated carbocycles. The molecule has 1 aliphatic rings. The van der Waals surface area contributed by atoms with Crippen LogP contribution in [-0.2, 0) is 25.3 Å². The molecule has 0 spiro atoms. The van der Waals surface area contributed by atoms with Crippen molar-refractivity contribution in [3.63, 3.8) is 0 Å². The molecule has 6 nitrogen and oxygen atoms in total. The Morgan fingerprint density at radius 2 is 2.00 bits per heavy atom. The normalized spacial score (nSPS) is 15.5. The topological polar surface area (TPSA) is 74.4 Å². The summed E-state index contributed by atoms with van der Waals surface area (Å²) in [6, 6.07) is 5.72. The van der Waals surface area contributed by atoms with Gasteiger partial charge in [0.05, 0.1) is 6.54 Å². The summed E-state index contributed by atoms with van der Waals surface area (Å²) in [5.41, 5.74) is 3.55. The van der Waals surface area contributed by atoms with Crippen LogP contribution in [0.1, 0.15) is 16.8 Å². The number of nitrogens with zero attached hydrogens (tertiary/aromatic N) is 4. The molecule has 7 heteroatoms. The molecule has 0 radical (unpaired) electrons. The maximum absolute atomic E-state index is 10.6. The molecule has 1 aliphatic heterocycles. The fourth-order valence-corrected chi connectivity index (χ4v) is 3.73. The Morgan fingerprint density at radius 3 is 2.76 bits per heavy atom. The highest BCUT2D eigenvalue weighted by atomic mass is 35.5. The van der Waals surface area contributed by atoms with Gasteiger partial charge in [0.15, 0.2) is 0 Å². The molecule has 0 amide bonds. The standard InChI is InChI=1S/C18H19ClN4O2/c1-22-5-4-17-15(9-22)14-6-13(19)2-3-16(14)23(17)10-18(24,25)12-7-20-11-21-8-12/h2-3,6-8,11,24-25H,4-5,9-10H2,1H3. The first-order chi connectivity index (χ1) is 12.0. The summed E-state index contributed by atoms with van der Waals surface area (Å²) in [6.07, 6.45) is 5.06. The molecule has 130 valence electrons. The summed E-state index contributed by atoms with van der Waals surface area (Å²) in [5.74, 6) is -2.05. The van der Waals surface area contributed by atoms with Crippen molar-refractivity contribution in [3.05, 3.63) is 58.8 Å². The Balaban J connectivity index is 1.85. The molecule has 3 heterocycles. The quantitative estimate of drug-likeness (QED) is 0.700. The van der Waals surface area contributed by atoms with Crippen LogP contribution in [0, 0.1) is 0 Å². The first-order valence-electron chi connectivity index (χ1n) is 8.14. The lowest BCUT2D eigenvalue weighted by Crippen LogP contribution is -2.33. The van der Waals surface area contributed by atoms with Crippen molar-refractivity contribution >= 4 is 22.5 Å². The third kappa shape index (κ3) is 2.91. The minimum atomic E-state index is -2.05. The lowest BCUT2D eigenvalue weighted by Gasteiger charge is -2.27. The van der Waals surface area contributed by atoms with Crippen molar-refractivity contribution in [2.24, 2.45) is 0 Å². The van der Waals surface area contributed by atoms with Gasteiger partial charge in [0.25, 0.3) is 0 Å². The molecule has 2 N–H and O–H groups in total. The van der Waals surface area contributed by atoms with Crippen molar-refractivity contribution in [2.75, 3.05) is 13.6 Å². The molecule has 1 aromatic carbocycles. The largest absolute Gasteiger partial charge is 0.360 e. The number of likely N-dealkylation sites (N-methyl/N-ethyl adjacent to an activating group) is 1. The molecular formula is C18H19ClN4O2. The molecule has 25 heavy (non-hydrogen) atoms. The first kappa shape index (κ1) is 16.5. The second-order valence-corrected chi connectivity index (χ2v) is 7.04. The predicted octanol–water partition coefficient (Wildman–Crippen LogP) is 1.91. The fraction of sp³-hybridized carbons (Fsp3) is 0.333. The molecule has 4 rings (SSSR count). The van der Waals surface area contributed by atoms with E-state index in [9.17, 15) is 10.2 Å². The van der Waals surface area contributed by atoms with Crippen LogP contribution >= 0.6 is 11.6 Å². The van der Waals surface area contributed by atoms with Gasteiger partial charge in [0.1, 0.15) is 6.33 Å². The Hall–Kier alpha value is -1.99. The van der Waals surface area contributed by atoms with Crippen LogP contribution in [0.3, 0.4) is 0 Å². The van der Waals surface area contributed by atoms with Crippen LogP contribution in [-0.4, -0.2) is 43.2 Å². The highest BCUT2D eigenvalue weighted by molar-refractivity contribution is 6.31. The van der Waals surface area contributed by atoms with Crippen LogP contribution in [0.5, 0.6) is 0 Å². The maximum Gasteiger partial charge on any atom is 0.211 e. The lowest BCUT2D eigenvalue weighted by atomic mass is 10.0. The first-order valence-corrected chi connectivity index (χ1v) is 8.52. The molecule has 0 bridgehead atoms. The van der Waals surface area contributed by atoms with Crippen LogP contribution in [0.25, 0.3) is 10.9 Å². The molecule has 3 aromatic rings. The van der Waals surface area contributed by atoms with Gasteiger partial charge in [-0.3, -0.25) is 0 Å². The summed E-state index contributed by atoms with van der Waals surface area (Å²) in [5, 5.41) is 23.0. The maximum atomic E-state index is 10.6. The van der Waals surface area contributed by atoms with E-state index in [-0.39, 0.29) is 12.1 Å². The van der Waals surface area contributed by atoms with E-state index in [2.05, 4.69) is 21.9 Å². The average Bonchev–Trinajstić information content (AvgIpc) is 2.88. The zero-order chi connectivity index (χ0) is 17.6. The molecule has 0 saturated heterocycles. The second-order valence-electron chi connectivity index (χ2n) is 6.60. The zero-order valence-electron chi connectivity index (χ0n) is 13.9. The molecule has 0 unspecified atom stereocenters.